The summed E-state index contributed by atoms with van der Waals surface area (Å²) in [6.07, 6.45) is 2.44. The molecule has 1 aliphatic heterocycles. The summed E-state index contributed by atoms with van der Waals surface area (Å²) in [7, 11) is 1.59. The van der Waals surface area contributed by atoms with Crippen molar-refractivity contribution in [2.24, 2.45) is 5.92 Å². The van der Waals surface area contributed by atoms with Crippen molar-refractivity contribution in [3.05, 3.63) is 29.3 Å². The highest BCUT2D eigenvalue weighted by Gasteiger charge is 2.21. The number of aryl methyl sites for hydroxylation is 1. The molecule has 0 aromatic heterocycles. The van der Waals surface area contributed by atoms with E-state index in [9.17, 15) is 4.79 Å². The molecular formula is C16H24N2O2. The Labute approximate surface area is 120 Å². The lowest BCUT2D eigenvalue weighted by atomic mass is 9.93. The number of methoxy groups -OCH3 is 1. The smallest absolute Gasteiger partial charge is 0.255 e. The van der Waals surface area contributed by atoms with Crippen molar-refractivity contribution in [1.29, 1.82) is 0 Å². The van der Waals surface area contributed by atoms with E-state index in [2.05, 4.69) is 17.6 Å². The van der Waals surface area contributed by atoms with Crippen LogP contribution in [0.25, 0.3) is 0 Å². The van der Waals surface area contributed by atoms with Gasteiger partial charge in [0.25, 0.3) is 5.91 Å². The van der Waals surface area contributed by atoms with Crippen LogP contribution in [-0.4, -0.2) is 32.1 Å². The molecule has 4 nitrogen and oxygen atoms in total. The Hall–Kier alpha value is -1.55. The molecule has 1 amide bonds. The first-order valence-corrected chi connectivity index (χ1v) is 7.28. The van der Waals surface area contributed by atoms with E-state index < -0.39 is 0 Å². The van der Waals surface area contributed by atoms with E-state index in [0.717, 1.165) is 12.1 Å². The van der Waals surface area contributed by atoms with Gasteiger partial charge in [0.15, 0.2) is 0 Å². The van der Waals surface area contributed by atoms with Crippen molar-refractivity contribution in [3.8, 4) is 5.75 Å². The molecule has 0 aliphatic carbocycles. The summed E-state index contributed by atoms with van der Waals surface area (Å²) in [5.74, 6) is 1.16. The zero-order chi connectivity index (χ0) is 14.5. The van der Waals surface area contributed by atoms with Gasteiger partial charge in [-0.2, -0.15) is 0 Å². The number of nitrogens with one attached hydrogen (secondary N) is 2. The molecule has 0 radical (unpaired) electrons. The molecule has 1 fully saturated rings. The molecule has 2 unspecified atom stereocenters. The van der Waals surface area contributed by atoms with Gasteiger partial charge in [-0.15, -0.1) is 0 Å². The van der Waals surface area contributed by atoms with E-state index in [1.54, 1.807) is 7.11 Å². The molecule has 0 bridgehead atoms. The molecule has 1 heterocycles. The third-order valence-corrected chi connectivity index (χ3v) is 4.01. The molecule has 2 atom stereocenters. The minimum Gasteiger partial charge on any atom is -0.496 e. The van der Waals surface area contributed by atoms with E-state index in [0.29, 0.717) is 29.8 Å². The van der Waals surface area contributed by atoms with Crippen LogP contribution in [0.4, 0.5) is 0 Å². The maximum absolute atomic E-state index is 12.3. The van der Waals surface area contributed by atoms with Crippen molar-refractivity contribution in [2.75, 3.05) is 20.2 Å². The van der Waals surface area contributed by atoms with E-state index in [1.165, 1.54) is 12.8 Å². The minimum absolute atomic E-state index is 0.0647. The Balaban J connectivity index is 1.99. The number of amides is 1. The SMILES string of the molecule is COc1ccc(C)cc1C(=O)NCC1NCCCC1C. The van der Waals surface area contributed by atoms with Gasteiger partial charge in [0.2, 0.25) is 0 Å². The van der Waals surface area contributed by atoms with Crippen molar-refractivity contribution in [1.82, 2.24) is 10.6 Å². The number of ether oxygens (including phenoxy) is 1. The minimum atomic E-state index is -0.0647. The van der Waals surface area contributed by atoms with Crippen LogP contribution in [0.3, 0.4) is 0 Å². The van der Waals surface area contributed by atoms with Gasteiger partial charge in [-0.25, -0.2) is 0 Å². The second-order valence-electron chi connectivity index (χ2n) is 5.59. The number of hydrogen-bond acceptors (Lipinski definition) is 3. The van der Waals surface area contributed by atoms with Crippen molar-refractivity contribution in [2.45, 2.75) is 32.7 Å². The van der Waals surface area contributed by atoms with Crippen LogP contribution in [0.15, 0.2) is 18.2 Å². The monoisotopic (exact) mass is 276 g/mol. The van der Waals surface area contributed by atoms with Crippen LogP contribution in [0, 0.1) is 12.8 Å². The van der Waals surface area contributed by atoms with Gasteiger partial charge in [0.1, 0.15) is 5.75 Å². The fourth-order valence-electron chi connectivity index (χ4n) is 2.68. The summed E-state index contributed by atoms with van der Waals surface area (Å²) >= 11 is 0. The summed E-state index contributed by atoms with van der Waals surface area (Å²) in [5, 5.41) is 6.49. The molecule has 4 heteroatoms. The molecule has 1 aromatic carbocycles. The van der Waals surface area contributed by atoms with Crippen LogP contribution < -0.4 is 15.4 Å². The van der Waals surface area contributed by atoms with E-state index >= 15 is 0 Å². The number of piperidine rings is 1. The number of carbonyl (C=O) groups is 1. The molecular weight excluding hydrogens is 252 g/mol. The Bertz CT molecular complexity index is 474. The lowest BCUT2D eigenvalue weighted by molar-refractivity contribution is 0.0940. The predicted octanol–water partition coefficient (Wildman–Crippen LogP) is 2.12. The first-order valence-electron chi connectivity index (χ1n) is 7.28. The zero-order valence-corrected chi connectivity index (χ0v) is 12.5. The standard InChI is InChI=1S/C16H24N2O2/c1-11-6-7-15(20-3)13(9-11)16(19)18-10-14-12(2)5-4-8-17-14/h6-7,9,12,14,17H,4-5,8,10H2,1-3H3,(H,18,19). The van der Waals surface area contributed by atoms with Crippen molar-refractivity contribution in [3.63, 3.8) is 0 Å². The third kappa shape index (κ3) is 3.51. The fraction of sp³-hybridized carbons (Fsp3) is 0.562. The Morgan fingerprint density at radius 1 is 1.50 bits per heavy atom. The summed E-state index contributed by atoms with van der Waals surface area (Å²) in [5.41, 5.74) is 1.66. The average molecular weight is 276 g/mol. The molecule has 0 spiro atoms. The lowest BCUT2D eigenvalue weighted by Crippen LogP contribution is -2.47. The van der Waals surface area contributed by atoms with Gasteiger partial charge in [-0.3, -0.25) is 4.79 Å². The van der Waals surface area contributed by atoms with Crippen LogP contribution in [0.1, 0.15) is 35.7 Å². The first kappa shape index (κ1) is 14.9. The maximum atomic E-state index is 12.3. The zero-order valence-electron chi connectivity index (χ0n) is 12.5. The summed E-state index contributed by atoms with van der Waals surface area (Å²) in [6, 6.07) is 6.02. The second kappa shape index (κ2) is 6.75. The topological polar surface area (TPSA) is 50.4 Å². The molecule has 1 aliphatic rings. The number of hydrogen-bond donors (Lipinski definition) is 2. The highest BCUT2D eigenvalue weighted by atomic mass is 16.5. The Kier molecular flexibility index (Phi) is 5.01. The van der Waals surface area contributed by atoms with Crippen molar-refractivity contribution >= 4 is 5.91 Å². The largest absolute Gasteiger partial charge is 0.496 e. The van der Waals surface area contributed by atoms with Crippen LogP contribution in [-0.2, 0) is 0 Å². The normalized spacial score (nSPS) is 22.4. The number of rotatable bonds is 4. The second-order valence-corrected chi connectivity index (χ2v) is 5.59. The van der Waals surface area contributed by atoms with Crippen LogP contribution in [0.5, 0.6) is 5.75 Å². The molecule has 2 rings (SSSR count). The van der Waals surface area contributed by atoms with Gasteiger partial charge in [-0.05, 0) is 44.4 Å². The number of carbonyl (C=O) groups excluding carboxylic acids is 1. The van der Waals surface area contributed by atoms with E-state index in [4.69, 9.17) is 4.74 Å². The summed E-state index contributed by atoms with van der Waals surface area (Å²) in [4.78, 5) is 12.3. The molecule has 1 saturated heterocycles. The number of benzene rings is 1. The highest BCUT2D eigenvalue weighted by Crippen LogP contribution is 2.20. The quantitative estimate of drug-likeness (QED) is 0.885. The summed E-state index contributed by atoms with van der Waals surface area (Å²) < 4.78 is 5.26. The Morgan fingerprint density at radius 3 is 3.00 bits per heavy atom. The van der Waals surface area contributed by atoms with Gasteiger partial charge in [0, 0.05) is 12.6 Å². The van der Waals surface area contributed by atoms with E-state index in [1.807, 2.05) is 25.1 Å². The van der Waals surface area contributed by atoms with Crippen molar-refractivity contribution < 1.29 is 9.53 Å². The first-order chi connectivity index (χ1) is 9.61. The molecule has 0 saturated carbocycles. The molecule has 20 heavy (non-hydrogen) atoms. The van der Waals surface area contributed by atoms with Gasteiger partial charge < -0.3 is 15.4 Å². The summed E-state index contributed by atoms with van der Waals surface area (Å²) in [6.45, 7) is 5.91. The average Bonchev–Trinajstić information content (AvgIpc) is 2.46. The van der Waals surface area contributed by atoms with Crippen LogP contribution in [0.2, 0.25) is 0 Å². The molecule has 110 valence electrons. The molecule has 1 aromatic rings. The highest BCUT2D eigenvalue weighted by molar-refractivity contribution is 5.97. The van der Waals surface area contributed by atoms with Gasteiger partial charge >= 0.3 is 0 Å². The fourth-order valence-corrected chi connectivity index (χ4v) is 2.68. The van der Waals surface area contributed by atoms with Crippen LogP contribution >= 0.6 is 0 Å². The molecule has 2 N–H and O–H groups in total. The van der Waals surface area contributed by atoms with Gasteiger partial charge in [-0.1, -0.05) is 18.6 Å². The maximum Gasteiger partial charge on any atom is 0.255 e. The van der Waals surface area contributed by atoms with Gasteiger partial charge in [0.05, 0.1) is 12.7 Å². The lowest BCUT2D eigenvalue weighted by Gasteiger charge is -2.30. The predicted molar refractivity (Wildman–Crippen MR) is 80.3 cm³/mol. The Morgan fingerprint density at radius 2 is 2.30 bits per heavy atom. The van der Waals surface area contributed by atoms with E-state index in [-0.39, 0.29) is 5.91 Å². The third-order valence-electron chi connectivity index (χ3n) is 4.01.